The highest BCUT2D eigenvalue weighted by molar-refractivity contribution is 5.96. The SMILES string of the molecule is Cc1cc(-c2ccccn2)cc2c(N3CCc4ccc(C(=O)N5CCC(N)CC5)cc4C3)ncnc12. The third-order valence-corrected chi connectivity index (χ3v) is 7.46. The standard InChI is InChI=1S/C29H30N6O/c1-19-14-22(26-4-2-3-10-31-26)16-25-27(19)32-18-33-28(25)35-11-7-20-5-6-21(15-23(20)17-35)29(36)34-12-8-24(30)9-13-34/h2-6,10,14-16,18,24H,7-9,11-13,17,30H2,1H3. The van der Waals surface area contributed by atoms with Gasteiger partial charge in [0.2, 0.25) is 0 Å². The molecule has 0 aliphatic carbocycles. The van der Waals surface area contributed by atoms with Crippen molar-refractivity contribution in [3.63, 3.8) is 0 Å². The van der Waals surface area contributed by atoms with Crippen molar-refractivity contribution in [2.24, 2.45) is 5.73 Å². The molecule has 0 radical (unpaired) electrons. The second-order valence-electron chi connectivity index (χ2n) is 9.89. The number of fused-ring (bicyclic) bond motifs is 2. The third-order valence-electron chi connectivity index (χ3n) is 7.46. The Hall–Kier alpha value is -3.84. The summed E-state index contributed by atoms with van der Waals surface area (Å²) in [5.74, 6) is 1.03. The van der Waals surface area contributed by atoms with Gasteiger partial charge in [-0.25, -0.2) is 9.97 Å². The fourth-order valence-electron chi connectivity index (χ4n) is 5.42. The highest BCUT2D eigenvalue weighted by Crippen LogP contribution is 2.33. The Bertz CT molecular complexity index is 1430. The molecule has 36 heavy (non-hydrogen) atoms. The number of carbonyl (C=O) groups is 1. The number of anilines is 1. The first-order valence-corrected chi connectivity index (χ1v) is 12.7. The number of rotatable bonds is 3. The van der Waals surface area contributed by atoms with Gasteiger partial charge in [-0.15, -0.1) is 0 Å². The number of nitrogens with two attached hydrogens (primary N) is 1. The number of aromatic nitrogens is 3. The lowest BCUT2D eigenvalue weighted by Gasteiger charge is -2.32. The Labute approximate surface area is 211 Å². The second-order valence-corrected chi connectivity index (χ2v) is 9.89. The summed E-state index contributed by atoms with van der Waals surface area (Å²) in [5, 5.41) is 1.03. The Morgan fingerprint density at radius 2 is 1.83 bits per heavy atom. The molecule has 1 fully saturated rings. The molecule has 2 aliphatic rings. The molecule has 0 saturated carbocycles. The average molecular weight is 479 g/mol. The van der Waals surface area contributed by atoms with Crippen LogP contribution < -0.4 is 10.6 Å². The van der Waals surface area contributed by atoms with Crippen molar-refractivity contribution >= 4 is 22.6 Å². The van der Waals surface area contributed by atoms with Crippen molar-refractivity contribution in [2.75, 3.05) is 24.5 Å². The van der Waals surface area contributed by atoms with Crippen LogP contribution in [0.2, 0.25) is 0 Å². The first-order chi connectivity index (χ1) is 17.6. The smallest absolute Gasteiger partial charge is 0.253 e. The lowest BCUT2D eigenvalue weighted by molar-refractivity contribution is 0.0714. The normalized spacial score (nSPS) is 16.3. The second kappa shape index (κ2) is 9.32. The van der Waals surface area contributed by atoms with Crippen molar-refractivity contribution in [1.29, 1.82) is 0 Å². The van der Waals surface area contributed by atoms with Crippen LogP contribution in [0.15, 0.2) is 61.1 Å². The number of piperidine rings is 1. The highest BCUT2D eigenvalue weighted by atomic mass is 16.2. The number of pyridine rings is 1. The molecule has 2 aromatic carbocycles. The van der Waals surface area contributed by atoms with E-state index in [4.69, 9.17) is 10.7 Å². The minimum Gasteiger partial charge on any atom is -0.351 e. The fourth-order valence-corrected chi connectivity index (χ4v) is 5.42. The maximum atomic E-state index is 13.2. The van der Waals surface area contributed by atoms with Crippen molar-refractivity contribution in [2.45, 2.75) is 38.8 Å². The average Bonchev–Trinajstić information content (AvgIpc) is 2.92. The quantitative estimate of drug-likeness (QED) is 0.476. The number of amides is 1. The Kier molecular flexibility index (Phi) is 5.85. The monoisotopic (exact) mass is 478 g/mol. The van der Waals surface area contributed by atoms with Gasteiger partial charge in [-0.1, -0.05) is 12.1 Å². The molecule has 0 unspecified atom stereocenters. The van der Waals surface area contributed by atoms with Crippen LogP contribution in [0.3, 0.4) is 0 Å². The number of hydrogen-bond acceptors (Lipinski definition) is 6. The zero-order chi connectivity index (χ0) is 24.6. The molecule has 2 aliphatic heterocycles. The number of carbonyl (C=O) groups excluding carboxylic acids is 1. The molecule has 0 bridgehead atoms. The van der Waals surface area contributed by atoms with E-state index >= 15 is 0 Å². The summed E-state index contributed by atoms with van der Waals surface area (Å²) in [4.78, 5) is 31.3. The van der Waals surface area contributed by atoms with E-state index in [2.05, 4.69) is 46.1 Å². The summed E-state index contributed by atoms with van der Waals surface area (Å²) in [5.41, 5.74) is 13.3. The fraction of sp³-hybridized carbons (Fsp3) is 0.310. The van der Waals surface area contributed by atoms with Gasteiger partial charge in [0.15, 0.2) is 0 Å². The van der Waals surface area contributed by atoms with Gasteiger partial charge in [0.25, 0.3) is 5.91 Å². The molecule has 7 heteroatoms. The molecule has 6 rings (SSSR count). The Morgan fingerprint density at radius 1 is 0.972 bits per heavy atom. The predicted octanol–water partition coefficient (Wildman–Crippen LogP) is 4.13. The molecule has 7 nitrogen and oxygen atoms in total. The molecule has 4 heterocycles. The van der Waals surface area contributed by atoms with Gasteiger partial charge in [0.1, 0.15) is 12.1 Å². The van der Waals surface area contributed by atoms with Crippen LogP contribution in [0.25, 0.3) is 22.2 Å². The molecule has 1 amide bonds. The summed E-state index contributed by atoms with van der Waals surface area (Å²) >= 11 is 0. The van der Waals surface area contributed by atoms with Gasteiger partial charge in [-0.2, -0.15) is 0 Å². The summed E-state index contributed by atoms with van der Waals surface area (Å²) < 4.78 is 0. The minimum absolute atomic E-state index is 0.102. The molecule has 0 atom stereocenters. The Balaban J connectivity index is 1.32. The zero-order valence-electron chi connectivity index (χ0n) is 20.5. The van der Waals surface area contributed by atoms with Crippen LogP contribution in [0.1, 0.15) is 39.9 Å². The first-order valence-electron chi connectivity index (χ1n) is 12.7. The van der Waals surface area contributed by atoms with Gasteiger partial charge < -0.3 is 15.5 Å². The summed E-state index contributed by atoms with van der Waals surface area (Å²) in [6, 6.07) is 16.6. The van der Waals surface area contributed by atoms with Crippen LogP contribution in [0.4, 0.5) is 5.82 Å². The van der Waals surface area contributed by atoms with E-state index in [0.29, 0.717) is 6.54 Å². The van der Waals surface area contributed by atoms with Crippen molar-refractivity contribution in [3.05, 3.63) is 83.3 Å². The number of aryl methyl sites for hydroxylation is 1. The van der Waals surface area contributed by atoms with Crippen LogP contribution in [-0.4, -0.2) is 51.4 Å². The van der Waals surface area contributed by atoms with E-state index in [1.54, 1.807) is 6.33 Å². The van der Waals surface area contributed by atoms with E-state index in [1.807, 2.05) is 35.4 Å². The van der Waals surface area contributed by atoms with E-state index in [0.717, 1.165) is 78.0 Å². The highest BCUT2D eigenvalue weighted by Gasteiger charge is 2.25. The van der Waals surface area contributed by atoms with E-state index < -0.39 is 0 Å². The predicted molar refractivity (Wildman–Crippen MR) is 142 cm³/mol. The minimum atomic E-state index is 0.102. The van der Waals surface area contributed by atoms with Crippen molar-refractivity contribution in [1.82, 2.24) is 19.9 Å². The van der Waals surface area contributed by atoms with E-state index in [-0.39, 0.29) is 11.9 Å². The molecule has 1 saturated heterocycles. The summed E-state index contributed by atoms with van der Waals surface area (Å²) in [6.45, 7) is 5.12. The van der Waals surface area contributed by atoms with Crippen LogP contribution in [-0.2, 0) is 13.0 Å². The van der Waals surface area contributed by atoms with Gasteiger partial charge >= 0.3 is 0 Å². The molecule has 4 aromatic rings. The largest absolute Gasteiger partial charge is 0.351 e. The van der Waals surface area contributed by atoms with Crippen LogP contribution >= 0.6 is 0 Å². The van der Waals surface area contributed by atoms with Crippen molar-refractivity contribution in [3.8, 4) is 11.3 Å². The van der Waals surface area contributed by atoms with Gasteiger partial charge in [-0.05, 0) is 79.3 Å². The molecular formula is C29H30N6O. The summed E-state index contributed by atoms with van der Waals surface area (Å²) in [6.07, 6.45) is 6.11. The Morgan fingerprint density at radius 3 is 2.64 bits per heavy atom. The summed E-state index contributed by atoms with van der Waals surface area (Å²) in [7, 11) is 0. The van der Waals surface area contributed by atoms with Crippen LogP contribution in [0, 0.1) is 6.92 Å². The lowest BCUT2D eigenvalue weighted by Crippen LogP contribution is -2.43. The maximum absolute atomic E-state index is 13.2. The zero-order valence-corrected chi connectivity index (χ0v) is 20.5. The molecule has 2 aromatic heterocycles. The van der Waals surface area contributed by atoms with E-state index in [1.165, 1.54) is 11.1 Å². The third kappa shape index (κ3) is 4.20. The topological polar surface area (TPSA) is 88.2 Å². The van der Waals surface area contributed by atoms with E-state index in [9.17, 15) is 4.79 Å². The van der Waals surface area contributed by atoms with Crippen molar-refractivity contribution < 1.29 is 4.79 Å². The number of likely N-dealkylation sites (tertiary alicyclic amines) is 1. The van der Waals surface area contributed by atoms with Gasteiger partial charge in [-0.3, -0.25) is 9.78 Å². The molecule has 0 spiro atoms. The number of benzene rings is 2. The molecular weight excluding hydrogens is 448 g/mol. The number of hydrogen-bond donors (Lipinski definition) is 1. The first kappa shape index (κ1) is 22.6. The van der Waals surface area contributed by atoms with Crippen LogP contribution in [0.5, 0.6) is 0 Å². The lowest BCUT2D eigenvalue weighted by atomic mass is 9.96. The molecule has 182 valence electrons. The van der Waals surface area contributed by atoms with Gasteiger partial charge in [0, 0.05) is 54.9 Å². The maximum Gasteiger partial charge on any atom is 0.253 e. The van der Waals surface area contributed by atoms with Gasteiger partial charge in [0.05, 0.1) is 11.2 Å². The number of nitrogens with zero attached hydrogens (tertiary/aromatic N) is 5. The molecule has 2 N–H and O–H groups in total.